The van der Waals surface area contributed by atoms with E-state index in [0.717, 1.165) is 17.9 Å². The molecule has 0 amide bonds. The van der Waals surface area contributed by atoms with Crippen LogP contribution in [0.15, 0.2) is 54.9 Å². The van der Waals surface area contributed by atoms with Gasteiger partial charge < -0.3 is 4.74 Å². The van der Waals surface area contributed by atoms with Crippen molar-refractivity contribution >= 4 is 0 Å². The quantitative estimate of drug-likeness (QED) is 0.674. The normalized spacial score (nSPS) is 21.1. The van der Waals surface area contributed by atoms with Gasteiger partial charge in [0.2, 0.25) is 6.33 Å². The smallest absolute Gasteiger partial charge is 0.304 e. The van der Waals surface area contributed by atoms with Crippen LogP contribution in [-0.4, -0.2) is 15.9 Å². The second-order valence-electron chi connectivity index (χ2n) is 7.29. The Morgan fingerprint density at radius 2 is 1.92 bits per heavy atom. The maximum Gasteiger partial charge on any atom is 0.304 e. The molecule has 2 aliphatic rings. The highest BCUT2D eigenvalue weighted by molar-refractivity contribution is 5.41. The number of benzene rings is 2. The van der Waals surface area contributed by atoms with E-state index >= 15 is 0 Å². The summed E-state index contributed by atoms with van der Waals surface area (Å²) in [4.78, 5) is 0. The summed E-state index contributed by atoms with van der Waals surface area (Å²) in [6.07, 6.45) is 3.35. The molecule has 0 saturated heterocycles. The zero-order valence-electron chi connectivity index (χ0n) is 14.6. The average Bonchev–Trinajstić information content (AvgIpc) is 3.22. The second kappa shape index (κ2) is 5.53. The molecular weight excluding hydrogens is 310 g/mol. The Morgan fingerprint density at radius 1 is 1.12 bits per heavy atom. The summed E-state index contributed by atoms with van der Waals surface area (Å²) in [6, 6.07) is 17.4. The Morgan fingerprint density at radius 3 is 2.80 bits per heavy atom. The minimum Gasteiger partial charge on any atom is -0.363 e. The van der Waals surface area contributed by atoms with Crippen LogP contribution in [0.3, 0.4) is 0 Å². The van der Waals surface area contributed by atoms with Gasteiger partial charge in [0, 0.05) is 11.5 Å². The number of rotatable bonds is 2. The molecule has 0 N–H and O–H groups in total. The molecule has 1 aromatic heterocycles. The second-order valence-corrected chi connectivity index (χ2v) is 7.29. The van der Waals surface area contributed by atoms with Gasteiger partial charge in [0.1, 0.15) is 24.4 Å². The zero-order valence-corrected chi connectivity index (χ0v) is 14.6. The monoisotopic (exact) mass is 332 g/mol. The van der Waals surface area contributed by atoms with Crippen molar-refractivity contribution in [2.45, 2.75) is 44.9 Å². The lowest BCUT2D eigenvalue weighted by atomic mass is 10.0. The summed E-state index contributed by atoms with van der Waals surface area (Å²) in [7, 11) is 0. The lowest BCUT2D eigenvalue weighted by Gasteiger charge is -2.23. The first kappa shape index (κ1) is 14.8. The molecule has 0 bridgehead atoms. The standard InChI is InChI=1S/C21H22N3O/c1-14(2)16-8-5-6-10-18(16)24-13-23-20(22-24)12-25-19-11-15-7-3-4-9-17(15)21(19)23/h3-10,13-14,19,21H,11-12H2,1-2H3/q+1/t19-,21+/m1/s1. The van der Waals surface area contributed by atoms with Crippen LogP contribution in [0.25, 0.3) is 5.69 Å². The van der Waals surface area contributed by atoms with Crippen LogP contribution in [-0.2, 0) is 17.8 Å². The molecule has 0 fully saturated rings. The molecule has 3 aromatic rings. The summed E-state index contributed by atoms with van der Waals surface area (Å²) in [6.45, 7) is 5.02. The molecule has 0 spiro atoms. The van der Waals surface area contributed by atoms with Gasteiger partial charge in [-0.05, 0) is 28.7 Å². The summed E-state index contributed by atoms with van der Waals surface area (Å²) in [5, 5.41) is 4.85. The van der Waals surface area contributed by atoms with E-state index < -0.39 is 0 Å². The molecule has 5 rings (SSSR count). The van der Waals surface area contributed by atoms with Gasteiger partial charge in [-0.15, -0.1) is 0 Å². The Labute approximate surface area is 147 Å². The van der Waals surface area contributed by atoms with E-state index in [9.17, 15) is 0 Å². The minimum atomic E-state index is 0.216. The van der Waals surface area contributed by atoms with Crippen molar-refractivity contribution < 1.29 is 9.30 Å². The van der Waals surface area contributed by atoms with Crippen molar-refractivity contribution in [3.05, 3.63) is 77.4 Å². The third-order valence-corrected chi connectivity index (χ3v) is 5.43. The summed E-state index contributed by atoms with van der Waals surface area (Å²) >= 11 is 0. The first-order chi connectivity index (χ1) is 12.2. The van der Waals surface area contributed by atoms with E-state index in [-0.39, 0.29) is 12.1 Å². The van der Waals surface area contributed by atoms with Gasteiger partial charge in [0.15, 0.2) is 0 Å². The van der Waals surface area contributed by atoms with Crippen LogP contribution in [0.4, 0.5) is 0 Å². The predicted molar refractivity (Wildman–Crippen MR) is 94.7 cm³/mol. The van der Waals surface area contributed by atoms with Crippen LogP contribution in [0.2, 0.25) is 0 Å². The van der Waals surface area contributed by atoms with Crippen LogP contribution >= 0.6 is 0 Å². The highest BCUT2D eigenvalue weighted by atomic mass is 16.5. The van der Waals surface area contributed by atoms with Crippen molar-refractivity contribution in [1.29, 1.82) is 0 Å². The van der Waals surface area contributed by atoms with Crippen molar-refractivity contribution in [2.24, 2.45) is 0 Å². The molecule has 1 aliphatic heterocycles. The van der Waals surface area contributed by atoms with Crippen LogP contribution in [0, 0.1) is 0 Å². The minimum absolute atomic E-state index is 0.216. The van der Waals surface area contributed by atoms with Gasteiger partial charge in [0.25, 0.3) is 0 Å². The molecule has 126 valence electrons. The van der Waals surface area contributed by atoms with E-state index in [1.54, 1.807) is 0 Å². The fourth-order valence-electron chi connectivity index (χ4n) is 4.22. The number of ether oxygens (including phenoxy) is 1. The molecular formula is C21H22N3O+. The molecule has 25 heavy (non-hydrogen) atoms. The van der Waals surface area contributed by atoms with Gasteiger partial charge in [0.05, 0.1) is 0 Å². The maximum atomic E-state index is 6.14. The Kier molecular flexibility index (Phi) is 3.28. The van der Waals surface area contributed by atoms with Gasteiger partial charge in [-0.25, -0.2) is 4.57 Å². The van der Waals surface area contributed by atoms with E-state index in [4.69, 9.17) is 9.84 Å². The van der Waals surface area contributed by atoms with Crippen molar-refractivity contribution in [2.75, 3.05) is 0 Å². The topological polar surface area (TPSA) is 30.9 Å². The number of para-hydroxylation sites is 1. The molecule has 4 heteroatoms. The van der Waals surface area contributed by atoms with Crippen molar-refractivity contribution in [1.82, 2.24) is 9.78 Å². The van der Waals surface area contributed by atoms with Gasteiger partial charge >= 0.3 is 5.82 Å². The molecule has 2 aromatic carbocycles. The largest absolute Gasteiger partial charge is 0.363 e. The average molecular weight is 332 g/mol. The first-order valence-corrected chi connectivity index (χ1v) is 9.01. The Bertz CT molecular complexity index is 944. The molecule has 2 atom stereocenters. The predicted octanol–water partition coefficient (Wildman–Crippen LogP) is 3.33. The molecule has 2 heterocycles. The first-order valence-electron chi connectivity index (χ1n) is 9.01. The van der Waals surface area contributed by atoms with E-state index in [1.807, 2.05) is 4.68 Å². The third-order valence-electron chi connectivity index (χ3n) is 5.43. The summed E-state index contributed by atoms with van der Waals surface area (Å²) in [5.41, 5.74) is 5.23. The van der Waals surface area contributed by atoms with Gasteiger partial charge in [-0.2, -0.15) is 0 Å². The number of nitrogens with zero attached hydrogens (tertiary/aromatic N) is 3. The molecule has 0 unspecified atom stereocenters. The fraction of sp³-hybridized carbons (Fsp3) is 0.333. The highest BCUT2D eigenvalue weighted by Gasteiger charge is 2.43. The maximum absolute atomic E-state index is 6.14. The van der Waals surface area contributed by atoms with Crippen molar-refractivity contribution in [3.63, 3.8) is 0 Å². The number of hydrogen-bond donors (Lipinski definition) is 0. The lowest BCUT2D eigenvalue weighted by Crippen LogP contribution is -2.51. The Balaban J connectivity index is 1.63. The van der Waals surface area contributed by atoms with Crippen LogP contribution in [0.5, 0.6) is 0 Å². The van der Waals surface area contributed by atoms with E-state index in [2.05, 4.69) is 73.3 Å². The van der Waals surface area contributed by atoms with Crippen molar-refractivity contribution in [3.8, 4) is 5.69 Å². The molecule has 1 aliphatic carbocycles. The van der Waals surface area contributed by atoms with Gasteiger partial charge in [-0.1, -0.05) is 61.0 Å². The number of fused-ring (bicyclic) bond motifs is 5. The molecule has 4 nitrogen and oxygen atoms in total. The van der Waals surface area contributed by atoms with E-state index in [1.165, 1.54) is 16.7 Å². The van der Waals surface area contributed by atoms with E-state index in [0.29, 0.717) is 12.5 Å². The number of hydrogen-bond acceptors (Lipinski definition) is 2. The lowest BCUT2D eigenvalue weighted by molar-refractivity contribution is -0.739. The molecule has 0 radical (unpaired) electrons. The summed E-state index contributed by atoms with van der Waals surface area (Å²) < 4.78 is 10.5. The van der Waals surface area contributed by atoms with Crippen LogP contribution < -0.4 is 4.57 Å². The highest BCUT2D eigenvalue weighted by Crippen LogP contribution is 2.35. The fourth-order valence-corrected chi connectivity index (χ4v) is 4.22. The Hall–Kier alpha value is -2.46. The van der Waals surface area contributed by atoms with Gasteiger partial charge in [-0.3, -0.25) is 0 Å². The summed E-state index contributed by atoms with van der Waals surface area (Å²) in [5.74, 6) is 1.45. The van der Waals surface area contributed by atoms with Crippen LogP contribution in [0.1, 0.15) is 48.3 Å². The zero-order chi connectivity index (χ0) is 17.0. The molecule has 0 saturated carbocycles. The third kappa shape index (κ3) is 2.24. The SMILES string of the molecule is CC(C)c1ccccc1-n1c[n+]2c(n1)CO[C@@H]1Cc3ccccc3[C@@H]12. The number of aromatic nitrogens is 3.